The second-order valence-electron chi connectivity index (χ2n) is 6.10. The zero-order valence-corrected chi connectivity index (χ0v) is 16.1. The maximum Gasteiger partial charge on any atom is 0.255 e. The van der Waals surface area contributed by atoms with Gasteiger partial charge in [0.25, 0.3) is 5.91 Å². The monoisotopic (exact) mass is 374 g/mol. The fourth-order valence-electron chi connectivity index (χ4n) is 2.61. The van der Waals surface area contributed by atoms with E-state index in [1.54, 1.807) is 12.1 Å². The first-order chi connectivity index (χ1) is 12.5. The summed E-state index contributed by atoms with van der Waals surface area (Å²) in [4.78, 5) is 12.6. The normalized spacial score (nSPS) is 11.3. The third-order valence-electron chi connectivity index (χ3n) is 4.13. The zero-order chi connectivity index (χ0) is 19.0. The summed E-state index contributed by atoms with van der Waals surface area (Å²) in [5, 5.41) is 2.86. The van der Waals surface area contributed by atoms with Crippen molar-refractivity contribution in [2.75, 3.05) is 11.9 Å². The highest BCUT2D eigenvalue weighted by atomic mass is 32.2. The number of hydrogen-bond donors (Lipinski definition) is 2. The fraction of sp³-hybridized carbons (Fsp3) is 0.350. The van der Waals surface area contributed by atoms with Gasteiger partial charge < -0.3 is 5.32 Å². The van der Waals surface area contributed by atoms with Gasteiger partial charge >= 0.3 is 0 Å². The molecule has 2 aromatic rings. The molecule has 0 atom stereocenters. The van der Waals surface area contributed by atoms with Crippen LogP contribution >= 0.6 is 0 Å². The van der Waals surface area contributed by atoms with Crippen LogP contribution in [0.15, 0.2) is 53.4 Å². The Morgan fingerprint density at radius 3 is 2.50 bits per heavy atom. The molecule has 0 aliphatic heterocycles. The maximum absolute atomic E-state index is 12.5. The lowest BCUT2D eigenvalue weighted by Crippen LogP contribution is -2.25. The van der Waals surface area contributed by atoms with Gasteiger partial charge in [0, 0.05) is 17.8 Å². The van der Waals surface area contributed by atoms with E-state index in [1.165, 1.54) is 12.1 Å². The van der Waals surface area contributed by atoms with Crippen LogP contribution in [0.2, 0.25) is 0 Å². The van der Waals surface area contributed by atoms with Crippen LogP contribution in [-0.4, -0.2) is 20.9 Å². The fourth-order valence-corrected chi connectivity index (χ4v) is 3.73. The molecule has 0 saturated carbocycles. The van der Waals surface area contributed by atoms with E-state index >= 15 is 0 Å². The summed E-state index contributed by atoms with van der Waals surface area (Å²) in [7, 11) is -3.61. The van der Waals surface area contributed by atoms with Crippen molar-refractivity contribution in [1.29, 1.82) is 0 Å². The summed E-state index contributed by atoms with van der Waals surface area (Å²) in [5.74, 6) is -0.325. The topological polar surface area (TPSA) is 75.3 Å². The predicted molar refractivity (Wildman–Crippen MR) is 105 cm³/mol. The largest absolute Gasteiger partial charge is 0.322 e. The van der Waals surface area contributed by atoms with E-state index in [9.17, 15) is 13.2 Å². The number of anilines is 1. The van der Waals surface area contributed by atoms with Crippen LogP contribution in [0.5, 0.6) is 0 Å². The van der Waals surface area contributed by atoms with Crippen LogP contribution in [0, 0.1) is 0 Å². The van der Waals surface area contributed by atoms with Crippen molar-refractivity contribution in [3.63, 3.8) is 0 Å². The van der Waals surface area contributed by atoms with Gasteiger partial charge in [-0.15, -0.1) is 0 Å². The number of amides is 1. The molecular formula is C20H26N2O3S. The second-order valence-corrected chi connectivity index (χ2v) is 7.86. The number of carbonyl (C=O) groups is 1. The first-order valence-electron chi connectivity index (χ1n) is 8.97. The lowest BCUT2D eigenvalue weighted by atomic mass is 10.1. The van der Waals surface area contributed by atoms with Crippen LogP contribution in [0.4, 0.5) is 5.69 Å². The van der Waals surface area contributed by atoms with Crippen molar-refractivity contribution in [3.05, 3.63) is 59.7 Å². The average Bonchev–Trinajstić information content (AvgIpc) is 2.66. The van der Waals surface area contributed by atoms with Crippen molar-refractivity contribution >= 4 is 21.6 Å². The standard InChI is InChI=1S/C20H26N2O3S/c1-3-5-8-14-21-26(24,25)18-12-9-11-17(15-18)20(23)22-19-13-7-6-10-16(19)4-2/h6-7,9-13,15,21H,3-5,8,14H2,1-2H3,(H,22,23). The SMILES string of the molecule is CCCCCNS(=O)(=O)c1cccc(C(=O)Nc2ccccc2CC)c1. The van der Waals surface area contributed by atoms with E-state index in [0.717, 1.165) is 36.9 Å². The molecule has 140 valence electrons. The quantitative estimate of drug-likeness (QED) is 0.652. The number of sulfonamides is 1. The summed E-state index contributed by atoms with van der Waals surface area (Å²) in [6, 6.07) is 13.7. The van der Waals surface area contributed by atoms with Gasteiger partial charge in [0.2, 0.25) is 10.0 Å². The molecule has 26 heavy (non-hydrogen) atoms. The summed E-state index contributed by atoms with van der Waals surface area (Å²) in [5.41, 5.74) is 2.08. The number of aryl methyl sites for hydroxylation is 1. The molecule has 2 aromatic carbocycles. The molecule has 2 N–H and O–H groups in total. The molecule has 6 heteroatoms. The van der Waals surface area contributed by atoms with Gasteiger partial charge in [0.05, 0.1) is 4.90 Å². The maximum atomic E-state index is 12.5. The third-order valence-corrected chi connectivity index (χ3v) is 5.58. The second kappa shape index (κ2) is 9.50. The highest BCUT2D eigenvalue weighted by molar-refractivity contribution is 7.89. The van der Waals surface area contributed by atoms with E-state index in [2.05, 4.69) is 17.0 Å². The molecule has 0 fully saturated rings. The van der Waals surface area contributed by atoms with E-state index in [0.29, 0.717) is 12.1 Å². The van der Waals surface area contributed by atoms with Crippen molar-refractivity contribution < 1.29 is 13.2 Å². The first-order valence-corrected chi connectivity index (χ1v) is 10.4. The number of nitrogens with one attached hydrogen (secondary N) is 2. The lowest BCUT2D eigenvalue weighted by Gasteiger charge is -2.11. The average molecular weight is 375 g/mol. The van der Waals surface area contributed by atoms with Crippen LogP contribution in [0.1, 0.15) is 49.0 Å². The number of benzene rings is 2. The smallest absolute Gasteiger partial charge is 0.255 e. The Morgan fingerprint density at radius 1 is 1.00 bits per heavy atom. The molecule has 0 unspecified atom stereocenters. The van der Waals surface area contributed by atoms with Crippen molar-refractivity contribution in [2.24, 2.45) is 0 Å². The molecule has 0 radical (unpaired) electrons. The highest BCUT2D eigenvalue weighted by Crippen LogP contribution is 2.18. The third kappa shape index (κ3) is 5.41. The molecule has 0 bridgehead atoms. The Morgan fingerprint density at radius 2 is 1.77 bits per heavy atom. The lowest BCUT2D eigenvalue weighted by molar-refractivity contribution is 0.102. The molecule has 0 aliphatic rings. The van der Waals surface area contributed by atoms with Gasteiger partial charge in [-0.1, -0.05) is 51.0 Å². The highest BCUT2D eigenvalue weighted by Gasteiger charge is 2.16. The van der Waals surface area contributed by atoms with Gasteiger partial charge in [0.1, 0.15) is 0 Å². The van der Waals surface area contributed by atoms with E-state index in [-0.39, 0.29) is 10.8 Å². The molecule has 5 nitrogen and oxygen atoms in total. The minimum Gasteiger partial charge on any atom is -0.322 e. The summed E-state index contributed by atoms with van der Waals surface area (Å²) < 4.78 is 27.4. The number of unbranched alkanes of at least 4 members (excludes halogenated alkanes) is 2. The number of rotatable bonds is 9. The predicted octanol–water partition coefficient (Wildman–Crippen LogP) is 3.97. The summed E-state index contributed by atoms with van der Waals surface area (Å²) >= 11 is 0. The molecule has 0 aliphatic carbocycles. The van der Waals surface area contributed by atoms with Crippen LogP contribution in [0.25, 0.3) is 0 Å². The molecule has 1 amide bonds. The number of carbonyl (C=O) groups excluding carboxylic acids is 1. The molecule has 2 rings (SSSR count). The number of para-hydroxylation sites is 1. The minimum atomic E-state index is -3.61. The first kappa shape index (κ1) is 20.1. The Kier molecular flexibility index (Phi) is 7.36. The van der Waals surface area contributed by atoms with Crippen molar-refractivity contribution in [2.45, 2.75) is 44.4 Å². The van der Waals surface area contributed by atoms with E-state index in [4.69, 9.17) is 0 Å². The Balaban J connectivity index is 2.14. The van der Waals surface area contributed by atoms with Crippen molar-refractivity contribution in [1.82, 2.24) is 4.72 Å². The van der Waals surface area contributed by atoms with Gasteiger partial charge in [-0.25, -0.2) is 13.1 Å². The molecule has 0 spiro atoms. The van der Waals surface area contributed by atoms with Gasteiger partial charge in [0.15, 0.2) is 0 Å². The number of hydrogen-bond acceptors (Lipinski definition) is 3. The van der Waals surface area contributed by atoms with E-state index < -0.39 is 10.0 Å². The summed E-state index contributed by atoms with van der Waals surface area (Å²) in [6.45, 7) is 4.48. The Hall–Kier alpha value is -2.18. The Labute approximate surface area is 155 Å². The van der Waals surface area contributed by atoms with Crippen LogP contribution in [-0.2, 0) is 16.4 Å². The zero-order valence-electron chi connectivity index (χ0n) is 15.3. The molecule has 0 aromatic heterocycles. The van der Waals surface area contributed by atoms with Gasteiger partial charge in [-0.2, -0.15) is 0 Å². The summed E-state index contributed by atoms with van der Waals surface area (Å²) in [6.07, 6.45) is 3.59. The van der Waals surface area contributed by atoms with Crippen LogP contribution < -0.4 is 10.0 Å². The minimum absolute atomic E-state index is 0.102. The van der Waals surface area contributed by atoms with Gasteiger partial charge in [-0.3, -0.25) is 4.79 Å². The van der Waals surface area contributed by atoms with Crippen LogP contribution in [0.3, 0.4) is 0 Å². The Bertz CT molecular complexity index is 848. The molecular weight excluding hydrogens is 348 g/mol. The van der Waals surface area contributed by atoms with Gasteiger partial charge in [-0.05, 0) is 42.7 Å². The van der Waals surface area contributed by atoms with E-state index in [1.807, 2.05) is 31.2 Å². The van der Waals surface area contributed by atoms with Crippen molar-refractivity contribution in [3.8, 4) is 0 Å². The molecule has 0 saturated heterocycles. The molecule has 0 heterocycles.